The number of carbonyl (C=O) groups excluding carboxylic acids is 1. The van der Waals surface area contributed by atoms with Gasteiger partial charge in [0, 0.05) is 19.0 Å². The summed E-state index contributed by atoms with van der Waals surface area (Å²) < 4.78 is 0. The van der Waals surface area contributed by atoms with Crippen molar-refractivity contribution in [3.8, 4) is 0 Å². The fourth-order valence-electron chi connectivity index (χ4n) is 2.05. The van der Waals surface area contributed by atoms with Crippen LogP contribution in [0.5, 0.6) is 0 Å². The van der Waals surface area contributed by atoms with Crippen LogP contribution in [0.25, 0.3) is 0 Å². The highest BCUT2D eigenvalue weighted by Gasteiger charge is 2.27. The predicted molar refractivity (Wildman–Crippen MR) is 57.8 cm³/mol. The molecule has 1 aliphatic heterocycles. The van der Waals surface area contributed by atoms with Gasteiger partial charge in [-0.05, 0) is 25.3 Å². The van der Waals surface area contributed by atoms with Gasteiger partial charge >= 0.3 is 0 Å². The quantitative estimate of drug-likeness (QED) is 0.738. The van der Waals surface area contributed by atoms with Crippen LogP contribution >= 0.6 is 0 Å². The summed E-state index contributed by atoms with van der Waals surface area (Å²) in [4.78, 5) is 13.9. The Kier molecular flexibility index (Phi) is 4.39. The van der Waals surface area contributed by atoms with E-state index >= 15 is 0 Å². The fraction of sp³-hybridized carbons (Fsp3) is 0.909. The van der Waals surface area contributed by atoms with E-state index < -0.39 is 0 Å². The molecule has 3 nitrogen and oxygen atoms in total. The lowest BCUT2D eigenvalue weighted by Crippen LogP contribution is -2.34. The topological polar surface area (TPSA) is 46.3 Å². The molecule has 0 bridgehead atoms. The average Bonchev–Trinajstić information content (AvgIpc) is 2.65. The van der Waals surface area contributed by atoms with Gasteiger partial charge in [-0.15, -0.1) is 0 Å². The van der Waals surface area contributed by atoms with Crippen LogP contribution in [0, 0.1) is 11.8 Å². The minimum atomic E-state index is 0.107. The lowest BCUT2D eigenvalue weighted by molar-refractivity contribution is -0.134. The van der Waals surface area contributed by atoms with Gasteiger partial charge in [-0.1, -0.05) is 20.3 Å². The second-order valence-electron chi connectivity index (χ2n) is 4.33. The van der Waals surface area contributed by atoms with Crippen LogP contribution in [0.2, 0.25) is 0 Å². The van der Waals surface area contributed by atoms with Crippen LogP contribution in [0.3, 0.4) is 0 Å². The highest BCUT2D eigenvalue weighted by molar-refractivity contribution is 5.78. The summed E-state index contributed by atoms with van der Waals surface area (Å²) in [5, 5.41) is 0. The van der Waals surface area contributed by atoms with Crippen LogP contribution in [-0.2, 0) is 4.79 Å². The Balaban J connectivity index is 2.38. The molecule has 0 aromatic heterocycles. The fourth-order valence-corrected chi connectivity index (χ4v) is 2.05. The van der Waals surface area contributed by atoms with E-state index in [2.05, 4.69) is 6.92 Å². The smallest absolute Gasteiger partial charge is 0.225 e. The first-order chi connectivity index (χ1) is 6.69. The van der Waals surface area contributed by atoms with Gasteiger partial charge in [0.1, 0.15) is 0 Å². The number of nitrogens with two attached hydrogens (primary N) is 1. The van der Waals surface area contributed by atoms with Crippen LogP contribution in [0.15, 0.2) is 0 Å². The number of rotatable bonds is 4. The molecule has 0 aliphatic carbocycles. The summed E-state index contributed by atoms with van der Waals surface area (Å²) in [6.07, 6.45) is 3.18. The van der Waals surface area contributed by atoms with Gasteiger partial charge in [0.05, 0.1) is 0 Å². The molecule has 1 heterocycles. The molecule has 0 saturated carbocycles. The Labute approximate surface area is 86.6 Å². The van der Waals surface area contributed by atoms with Crippen molar-refractivity contribution >= 4 is 5.91 Å². The molecular formula is C11H22N2O. The maximum atomic E-state index is 11.9. The molecule has 1 fully saturated rings. The summed E-state index contributed by atoms with van der Waals surface area (Å²) in [6.45, 7) is 6.70. The molecule has 0 radical (unpaired) electrons. The molecule has 0 spiro atoms. The monoisotopic (exact) mass is 198 g/mol. The van der Waals surface area contributed by atoms with E-state index in [1.807, 2.05) is 11.8 Å². The van der Waals surface area contributed by atoms with E-state index in [0.29, 0.717) is 12.5 Å². The lowest BCUT2D eigenvalue weighted by atomic mass is 10.1. The molecule has 2 N–H and O–H groups in total. The Hall–Kier alpha value is -0.570. The van der Waals surface area contributed by atoms with Gasteiger partial charge < -0.3 is 10.6 Å². The maximum Gasteiger partial charge on any atom is 0.225 e. The molecule has 1 saturated heterocycles. The highest BCUT2D eigenvalue weighted by atomic mass is 16.2. The Bertz CT molecular complexity index is 194. The van der Waals surface area contributed by atoms with E-state index in [0.717, 1.165) is 25.4 Å². The van der Waals surface area contributed by atoms with E-state index in [4.69, 9.17) is 5.73 Å². The van der Waals surface area contributed by atoms with Crippen molar-refractivity contribution in [1.29, 1.82) is 0 Å². The summed E-state index contributed by atoms with van der Waals surface area (Å²) >= 11 is 0. The zero-order valence-corrected chi connectivity index (χ0v) is 9.33. The molecule has 0 aromatic carbocycles. The Morgan fingerprint density at radius 1 is 1.64 bits per heavy atom. The van der Waals surface area contributed by atoms with E-state index in [-0.39, 0.29) is 5.92 Å². The molecule has 2 atom stereocenters. The minimum Gasteiger partial charge on any atom is -0.342 e. The Morgan fingerprint density at radius 3 is 2.86 bits per heavy atom. The minimum absolute atomic E-state index is 0.107. The molecule has 0 aromatic rings. The molecule has 1 rings (SSSR count). The third-order valence-corrected chi connectivity index (χ3v) is 3.20. The summed E-state index contributed by atoms with van der Waals surface area (Å²) in [5.41, 5.74) is 5.45. The second-order valence-corrected chi connectivity index (χ2v) is 4.33. The number of carbonyl (C=O) groups is 1. The van der Waals surface area contributed by atoms with Crippen LogP contribution in [-0.4, -0.2) is 30.4 Å². The largest absolute Gasteiger partial charge is 0.342 e. The van der Waals surface area contributed by atoms with Crippen molar-refractivity contribution in [2.24, 2.45) is 17.6 Å². The van der Waals surface area contributed by atoms with Crippen LogP contribution in [0.4, 0.5) is 0 Å². The Morgan fingerprint density at radius 2 is 2.36 bits per heavy atom. The number of amides is 1. The number of nitrogens with zero attached hydrogens (tertiary/aromatic N) is 1. The standard InChI is InChI=1S/C11H22N2O/c1-3-10-5-7-13(8-10)11(14)9(2)4-6-12/h9-10H,3-8,12H2,1-2H3. The van der Waals surface area contributed by atoms with Gasteiger partial charge in [0.15, 0.2) is 0 Å². The summed E-state index contributed by atoms with van der Waals surface area (Å²) in [7, 11) is 0. The molecule has 2 unspecified atom stereocenters. The summed E-state index contributed by atoms with van der Waals surface area (Å²) in [5.74, 6) is 1.13. The van der Waals surface area contributed by atoms with Crippen LogP contribution < -0.4 is 5.73 Å². The zero-order valence-electron chi connectivity index (χ0n) is 9.33. The summed E-state index contributed by atoms with van der Waals surface area (Å²) in [6, 6.07) is 0. The number of hydrogen-bond acceptors (Lipinski definition) is 2. The SMILES string of the molecule is CCC1CCN(C(=O)C(C)CCN)C1. The first-order valence-corrected chi connectivity index (χ1v) is 5.67. The van der Waals surface area contributed by atoms with Crippen molar-refractivity contribution in [2.75, 3.05) is 19.6 Å². The van der Waals surface area contributed by atoms with Gasteiger partial charge in [-0.3, -0.25) is 4.79 Å². The van der Waals surface area contributed by atoms with Gasteiger partial charge in [0.2, 0.25) is 5.91 Å². The third kappa shape index (κ3) is 2.71. The zero-order chi connectivity index (χ0) is 10.6. The van der Waals surface area contributed by atoms with Crippen molar-refractivity contribution in [3.63, 3.8) is 0 Å². The molecule has 1 amide bonds. The van der Waals surface area contributed by atoms with Crippen molar-refractivity contribution in [3.05, 3.63) is 0 Å². The highest BCUT2D eigenvalue weighted by Crippen LogP contribution is 2.21. The number of likely N-dealkylation sites (tertiary alicyclic amines) is 1. The van der Waals surface area contributed by atoms with E-state index in [9.17, 15) is 4.79 Å². The molecular weight excluding hydrogens is 176 g/mol. The van der Waals surface area contributed by atoms with Gasteiger partial charge in [-0.2, -0.15) is 0 Å². The second kappa shape index (κ2) is 5.35. The van der Waals surface area contributed by atoms with Gasteiger partial charge in [0.25, 0.3) is 0 Å². The normalized spacial score (nSPS) is 23.9. The first-order valence-electron chi connectivity index (χ1n) is 5.67. The maximum absolute atomic E-state index is 11.9. The van der Waals surface area contributed by atoms with Crippen molar-refractivity contribution < 1.29 is 4.79 Å². The third-order valence-electron chi connectivity index (χ3n) is 3.20. The van der Waals surface area contributed by atoms with Crippen molar-refractivity contribution in [2.45, 2.75) is 33.1 Å². The van der Waals surface area contributed by atoms with Crippen molar-refractivity contribution in [1.82, 2.24) is 4.90 Å². The molecule has 1 aliphatic rings. The molecule has 14 heavy (non-hydrogen) atoms. The van der Waals surface area contributed by atoms with Crippen LogP contribution in [0.1, 0.15) is 33.1 Å². The predicted octanol–water partition coefficient (Wildman–Crippen LogP) is 1.23. The first kappa shape index (κ1) is 11.5. The average molecular weight is 198 g/mol. The van der Waals surface area contributed by atoms with E-state index in [1.165, 1.54) is 12.8 Å². The molecule has 82 valence electrons. The molecule has 3 heteroatoms. The van der Waals surface area contributed by atoms with Gasteiger partial charge in [-0.25, -0.2) is 0 Å². The van der Waals surface area contributed by atoms with E-state index in [1.54, 1.807) is 0 Å². The lowest BCUT2D eigenvalue weighted by Gasteiger charge is -2.20. The number of hydrogen-bond donors (Lipinski definition) is 1.